The zero-order valence-corrected chi connectivity index (χ0v) is 18.2. The molecule has 0 bridgehead atoms. The van der Waals surface area contributed by atoms with Crippen LogP contribution in [0.4, 0.5) is 11.4 Å². The van der Waals surface area contributed by atoms with E-state index in [0.29, 0.717) is 43.8 Å². The normalized spacial score (nSPS) is 10.9. The predicted molar refractivity (Wildman–Crippen MR) is 127 cm³/mol. The van der Waals surface area contributed by atoms with Gasteiger partial charge in [0.2, 0.25) is 0 Å². The standard InChI is InChI=1S/C23H19ClN4O2S/c1-28-22(30)17-11-10-16(24)12-20(17)27-23(28)31-13-14-6-8-15(9-7-14)21(29)26-19-5-3-2-4-18(19)25/h2-12H,13,25H2,1H3,(H,26,29). The Bertz CT molecular complexity index is 1340. The van der Waals surface area contributed by atoms with E-state index >= 15 is 0 Å². The maximum atomic E-state index is 12.6. The van der Waals surface area contributed by atoms with Crippen molar-refractivity contribution in [1.82, 2.24) is 9.55 Å². The average Bonchev–Trinajstić information content (AvgIpc) is 2.77. The number of anilines is 2. The maximum absolute atomic E-state index is 12.6. The van der Waals surface area contributed by atoms with Crippen LogP contribution >= 0.6 is 23.4 Å². The summed E-state index contributed by atoms with van der Waals surface area (Å²) in [4.78, 5) is 29.6. The van der Waals surface area contributed by atoms with Crippen LogP contribution in [0.5, 0.6) is 0 Å². The summed E-state index contributed by atoms with van der Waals surface area (Å²) in [6, 6.07) is 19.5. The molecule has 4 aromatic rings. The summed E-state index contributed by atoms with van der Waals surface area (Å²) in [6.45, 7) is 0. The van der Waals surface area contributed by atoms with Crippen LogP contribution in [0.1, 0.15) is 15.9 Å². The third-order valence-electron chi connectivity index (χ3n) is 4.79. The van der Waals surface area contributed by atoms with Crippen LogP contribution in [0.15, 0.2) is 76.7 Å². The lowest BCUT2D eigenvalue weighted by Crippen LogP contribution is -2.20. The van der Waals surface area contributed by atoms with E-state index in [4.69, 9.17) is 17.3 Å². The molecule has 0 radical (unpaired) electrons. The molecule has 1 amide bonds. The van der Waals surface area contributed by atoms with E-state index in [1.807, 2.05) is 24.3 Å². The first-order valence-electron chi connectivity index (χ1n) is 9.46. The predicted octanol–water partition coefficient (Wildman–Crippen LogP) is 4.71. The second-order valence-electron chi connectivity index (χ2n) is 6.95. The van der Waals surface area contributed by atoms with Gasteiger partial charge in [-0.3, -0.25) is 14.2 Å². The number of carbonyl (C=O) groups is 1. The van der Waals surface area contributed by atoms with Crippen molar-refractivity contribution in [2.75, 3.05) is 11.1 Å². The van der Waals surface area contributed by atoms with Crippen LogP contribution in [0, 0.1) is 0 Å². The van der Waals surface area contributed by atoms with Gasteiger partial charge in [0, 0.05) is 23.4 Å². The molecule has 31 heavy (non-hydrogen) atoms. The molecule has 0 aliphatic rings. The Morgan fingerprint density at radius 1 is 1.13 bits per heavy atom. The lowest BCUT2D eigenvalue weighted by Gasteiger charge is -2.10. The highest BCUT2D eigenvalue weighted by molar-refractivity contribution is 7.98. The number of halogens is 1. The number of aromatic nitrogens is 2. The summed E-state index contributed by atoms with van der Waals surface area (Å²) in [5, 5.41) is 4.48. The molecule has 3 aromatic carbocycles. The lowest BCUT2D eigenvalue weighted by molar-refractivity contribution is 0.102. The van der Waals surface area contributed by atoms with Crippen molar-refractivity contribution in [2.24, 2.45) is 7.05 Å². The minimum atomic E-state index is -0.229. The molecule has 1 aromatic heterocycles. The summed E-state index contributed by atoms with van der Waals surface area (Å²) in [5.74, 6) is 0.368. The maximum Gasteiger partial charge on any atom is 0.261 e. The number of rotatable bonds is 5. The third kappa shape index (κ3) is 4.57. The summed E-state index contributed by atoms with van der Waals surface area (Å²) in [7, 11) is 1.70. The molecule has 0 aliphatic heterocycles. The Morgan fingerprint density at radius 3 is 2.61 bits per heavy atom. The molecule has 0 fully saturated rings. The van der Waals surface area contributed by atoms with Crippen LogP contribution in [0.3, 0.4) is 0 Å². The van der Waals surface area contributed by atoms with Crippen LogP contribution < -0.4 is 16.6 Å². The van der Waals surface area contributed by atoms with Gasteiger partial charge in [-0.15, -0.1) is 0 Å². The first kappa shape index (κ1) is 21.0. The topological polar surface area (TPSA) is 90.0 Å². The van der Waals surface area contributed by atoms with E-state index in [-0.39, 0.29) is 11.5 Å². The highest BCUT2D eigenvalue weighted by Gasteiger charge is 2.11. The van der Waals surface area contributed by atoms with E-state index < -0.39 is 0 Å². The van der Waals surface area contributed by atoms with Crippen molar-refractivity contribution in [2.45, 2.75) is 10.9 Å². The Balaban J connectivity index is 1.47. The quantitative estimate of drug-likeness (QED) is 0.261. The molecule has 6 nitrogen and oxygen atoms in total. The average molecular weight is 451 g/mol. The number of nitrogens with one attached hydrogen (secondary N) is 1. The van der Waals surface area contributed by atoms with E-state index in [1.54, 1.807) is 49.5 Å². The highest BCUT2D eigenvalue weighted by Crippen LogP contribution is 2.23. The molecular weight excluding hydrogens is 432 g/mol. The SMILES string of the molecule is Cn1c(SCc2ccc(C(=O)Nc3ccccc3N)cc2)nc2cc(Cl)ccc2c1=O. The number of fused-ring (bicyclic) bond motifs is 1. The minimum Gasteiger partial charge on any atom is -0.397 e. The van der Waals surface area contributed by atoms with Crippen LogP contribution in [0.25, 0.3) is 10.9 Å². The zero-order valence-electron chi connectivity index (χ0n) is 16.6. The molecule has 0 saturated carbocycles. The Kier molecular flexibility index (Phi) is 5.97. The van der Waals surface area contributed by atoms with E-state index in [9.17, 15) is 9.59 Å². The monoisotopic (exact) mass is 450 g/mol. The number of amides is 1. The number of nitrogens with zero attached hydrogens (tertiary/aromatic N) is 2. The van der Waals surface area contributed by atoms with Crippen molar-refractivity contribution in [1.29, 1.82) is 0 Å². The van der Waals surface area contributed by atoms with E-state index in [1.165, 1.54) is 16.3 Å². The van der Waals surface area contributed by atoms with Gasteiger partial charge < -0.3 is 11.1 Å². The fraction of sp³-hybridized carbons (Fsp3) is 0.0870. The number of para-hydroxylation sites is 2. The smallest absolute Gasteiger partial charge is 0.261 e. The molecule has 1 heterocycles. The van der Waals surface area contributed by atoms with Gasteiger partial charge in [-0.25, -0.2) is 4.98 Å². The number of benzene rings is 3. The first-order chi connectivity index (χ1) is 14.9. The summed E-state index contributed by atoms with van der Waals surface area (Å²) < 4.78 is 1.53. The van der Waals surface area contributed by atoms with Gasteiger partial charge in [-0.1, -0.05) is 47.6 Å². The van der Waals surface area contributed by atoms with Crippen molar-refractivity contribution < 1.29 is 4.79 Å². The van der Waals surface area contributed by atoms with Crippen LogP contribution in [0.2, 0.25) is 5.02 Å². The van der Waals surface area contributed by atoms with Crippen molar-refractivity contribution >= 4 is 51.5 Å². The van der Waals surface area contributed by atoms with Gasteiger partial charge in [0.25, 0.3) is 11.5 Å². The number of hydrogen-bond donors (Lipinski definition) is 2. The first-order valence-corrected chi connectivity index (χ1v) is 10.8. The second kappa shape index (κ2) is 8.83. The fourth-order valence-electron chi connectivity index (χ4n) is 3.06. The molecule has 8 heteroatoms. The molecule has 0 spiro atoms. The Hall–Kier alpha value is -3.29. The molecule has 0 aliphatic carbocycles. The van der Waals surface area contributed by atoms with Crippen molar-refractivity contribution in [3.05, 3.63) is 93.2 Å². The second-order valence-corrected chi connectivity index (χ2v) is 8.33. The molecule has 0 unspecified atom stereocenters. The van der Waals surface area contributed by atoms with Gasteiger partial charge in [0.1, 0.15) is 0 Å². The number of carbonyl (C=O) groups excluding carboxylic acids is 1. The molecular formula is C23H19ClN4O2S. The number of hydrogen-bond acceptors (Lipinski definition) is 5. The van der Waals surface area contributed by atoms with Gasteiger partial charge in [0.15, 0.2) is 5.16 Å². The Morgan fingerprint density at radius 2 is 1.87 bits per heavy atom. The van der Waals surface area contributed by atoms with Crippen LogP contribution in [-0.2, 0) is 12.8 Å². The van der Waals surface area contributed by atoms with Gasteiger partial charge in [-0.05, 0) is 48.0 Å². The summed E-state index contributed by atoms with van der Waals surface area (Å²) in [5.41, 5.74) is 8.96. The molecule has 0 saturated heterocycles. The Labute approximate surface area is 188 Å². The van der Waals surface area contributed by atoms with Crippen LogP contribution in [-0.4, -0.2) is 15.5 Å². The van der Waals surface area contributed by atoms with Crippen molar-refractivity contribution in [3.63, 3.8) is 0 Å². The molecule has 156 valence electrons. The largest absolute Gasteiger partial charge is 0.397 e. The fourth-order valence-corrected chi connectivity index (χ4v) is 4.15. The van der Waals surface area contributed by atoms with Gasteiger partial charge in [-0.2, -0.15) is 0 Å². The number of nitrogen functional groups attached to an aromatic ring is 1. The van der Waals surface area contributed by atoms with Gasteiger partial charge >= 0.3 is 0 Å². The van der Waals surface area contributed by atoms with E-state index in [0.717, 1.165) is 5.56 Å². The molecule has 4 rings (SSSR count). The molecule has 0 atom stereocenters. The van der Waals surface area contributed by atoms with Gasteiger partial charge in [0.05, 0.1) is 22.3 Å². The molecule has 3 N–H and O–H groups in total. The third-order valence-corrected chi connectivity index (χ3v) is 6.13. The summed E-state index contributed by atoms with van der Waals surface area (Å²) in [6.07, 6.45) is 0. The highest BCUT2D eigenvalue weighted by atomic mass is 35.5. The lowest BCUT2D eigenvalue weighted by atomic mass is 10.1. The van der Waals surface area contributed by atoms with E-state index in [2.05, 4.69) is 10.3 Å². The minimum absolute atomic E-state index is 0.114. The number of thioether (sulfide) groups is 1. The van der Waals surface area contributed by atoms with Crippen molar-refractivity contribution in [3.8, 4) is 0 Å². The number of nitrogens with two attached hydrogens (primary N) is 1. The summed E-state index contributed by atoms with van der Waals surface area (Å²) >= 11 is 7.49. The zero-order chi connectivity index (χ0) is 22.0.